The Bertz CT molecular complexity index is 676. The highest BCUT2D eigenvalue weighted by Gasteiger charge is 2.21. The third-order valence-electron chi connectivity index (χ3n) is 4.97. The maximum atomic E-state index is 12.1. The molecule has 0 unspecified atom stereocenters. The zero-order valence-electron chi connectivity index (χ0n) is 14.5. The number of nitrogens with one attached hydrogen (secondary N) is 2. The van der Waals surface area contributed by atoms with E-state index in [-0.39, 0.29) is 11.9 Å². The van der Waals surface area contributed by atoms with Crippen LogP contribution in [-0.2, 0) is 21.4 Å². The number of anilines is 1. The molecular weight excluding hydrogens is 338 g/mol. The van der Waals surface area contributed by atoms with E-state index in [4.69, 9.17) is 0 Å². The van der Waals surface area contributed by atoms with Gasteiger partial charge in [-0.25, -0.2) is 0 Å². The summed E-state index contributed by atoms with van der Waals surface area (Å²) >= 11 is 0. The number of aryl methyl sites for hydroxylation is 1. The molecular formula is C18H27N3O3S. The lowest BCUT2D eigenvalue weighted by Crippen LogP contribution is -2.37. The smallest absolute Gasteiger partial charge is 0.299 e. The number of amides is 1. The molecule has 1 aliphatic carbocycles. The molecule has 0 radical (unpaired) electrons. The fourth-order valence-corrected chi connectivity index (χ4v) is 4.74. The van der Waals surface area contributed by atoms with Gasteiger partial charge in [-0.3, -0.25) is 9.52 Å². The molecule has 1 aromatic rings. The van der Waals surface area contributed by atoms with E-state index in [0.717, 1.165) is 57.2 Å². The maximum Gasteiger partial charge on any atom is 0.299 e. The Kier molecular flexibility index (Phi) is 5.96. The van der Waals surface area contributed by atoms with Gasteiger partial charge in [0.1, 0.15) is 0 Å². The molecule has 1 amide bonds. The number of benzene rings is 1. The van der Waals surface area contributed by atoms with E-state index in [9.17, 15) is 13.2 Å². The minimum absolute atomic E-state index is 0.0494. The van der Waals surface area contributed by atoms with Crippen LogP contribution in [0.3, 0.4) is 0 Å². The minimum atomic E-state index is -3.53. The lowest BCUT2D eigenvalue weighted by atomic mass is 10.1. The molecule has 2 aliphatic rings. The first-order valence-electron chi connectivity index (χ1n) is 9.19. The van der Waals surface area contributed by atoms with Crippen LogP contribution in [0.15, 0.2) is 24.3 Å². The summed E-state index contributed by atoms with van der Waals surface area (Å²) in [5.74, 6) is 0.211. The van der Waals surface area contributed by atoms with Crippen LogP contribution in [0.4, 0.5) is 5.69 Å². The van der Waals surface area contributed by atoms with E-state index in [1.807, 2.05) is 17.0 Å². The molecule has 2 N–H and O–H groups in total. The molecule has 1 saturated carbocycles. The number of nitrogens with zero attached hydrogens (tertiary/aromatic N) is 1. The van der Waals surface area contributed by atoms with Crippen LogP contribution in [-0.4, -0.2) is 38.4 Å². The summed E-state index contributed by atoms with van der Waals surface area (Å²) < 4.78 is 29.5. The van der Waals surface area contributed by atoms with E-state index in [1.54, 1.807) is 12.1 Å². The largest absolute Gasteiger partial charge is 0.343 e. The SMILES string of the molecule is O=C(CCc1ccc(NS(=O)(=O)NC2CCCC2)cc1)N1CCCC1. The van der Waals surface area contributed by atoms with Crippen LogP contribution in [0.1, 0.15) is 50.5 Å². The van der Waals surface area contributed by atoms with Gasteiger partial charge >= 0.3 is 0 Å². The fraction of sp³-hybridized carbons (Fsp3) is 0.611. The Hall–Kier alpha value is -1.60. The van der Waals surface area contributed by atoms with Gasteiger partial charge in [0.25, 0.3) is 10.2 Å². The lowest BCUT2D eigenvalue weighted by molar-refractivity contribution is -0.130. The predicted molar refractivity (Wildman–Crippen MR) is 98.5 cm³/mol. The topological polar surface area (TPSA) is 78.5 Å². The number of carbonyl (C=O) groups is 1. The standard InChI is InChI=1S/C18H27N3O3S/c22-18(21-13-3-4-14-21)12-9-15-7-10-17(11-8-15)20-25(23,24)19-16-5-1-2-6-16/h7-8,10-11,16,19-20H,1-6,9,12-14H2. The summed E-state index contributed by atoms with van der Waals surface area (Å²) in [6.45, 7) is 1.76. The van der Waals surface area contributed by atoms with Gasteiger partial charge in [-0.2, -0.15) is 13.1 Å². The van der Waals surface area contributed by atoms with Gasteiger partial charge < -0.3 is 4.90 Å². The Morgan fingerprint density at radius 1 is 1.04 bits per heavy atom. The van der Waals surface area contributed by atoms with E-state index < -0.39 is 10.2 Å². The molecule has 6 nitrogen and oxygen atoms in total. The molecule has 0 bridgehead atoms. The quantitative estimate of drug-likeness (QED) is 0.779. The zero-order chi connectivity index (χ0) is 17.7. The molecule has 0 spiro atoms. The predicted octanol–water partition coefficient (Wildman–Crippen LogP) is 2.43. The van der Waals surface area contributed by atoms with E-state index in [0.29, 0.717) is 18.5 Å². The number of hydrogen-bond donors (Lipinski definition) is 2. The summed E-state index contributed by atoms with van der Waals surface area (Å²) in [6, 6.07) is 7.32. The molecule has 1 saturated heterocycles. The average molecular weight is 365 g/mol. The Morgan fingerprint density at radius 2 is 1.68 bits per heavy atom. The Morgan fingerprint density at radius 3 is 2.32 bits per heavy atom. The lowest BCUT2D eigenvalue weighted by Gasteiger charge is -2.15. The molecule has 0 aromatic heterocycles. The van der Waals surface area contributed by atoms with Crippen molar-refractivity contribution in [2.75, 3.05) is 17.8 Å². The molecule has 1 aliphatic heterocycles. The third kappa shape index (κ3) is 5.44. The van der Waals surface area contributed by atoms with E-state index in [1.165, 1.54) is 0 Å². The van der Waals surface area contributed by atoms with Gasteiger partial charge in [0.05, 0.1) is 0 Å². The normalized spacial score (nSPS) is 18.6. The van der Waals surface area contributed by atoms with Crippen LogP contribution in [0, 0.1) is 0 Å². The van der Waals surface area contributed by atoms with Crippen molar-refractivity contribution in [3.8, 4) is 0 Å². The van der Waals surface area contributed by atoms with Gasteiger partial charge in [-0.05, 0) is 49.8 Å². The van der Waals surface area contributed by atoms with Crippen LogP contribution in [0.2, 0.25) is 0 Å². The van der Waals surface area contributed by atoms with Gasteiger partial charge in [-0.15, -0.1) is 0 Å². The first kappa shape index (κ1) is 18.2. The van der Waals surface area contributed by atoms with Crippen molar-refractivity contribution < 1.29 is 13.2 Å². The number of carbonyl (C=O) groups excluding carboxylic acids is 1. The Balaban J connectivity index is 1.48. The van der Waals surface area contributed by atoms with Crippen LogP contribution in [0.25, 0.3) is 0 Å². The van der Waals surface area contributed by atoms with Crippen molar-refractivity contribution in [3.05, 3.63) is 29.8 Å². The fourth-order valence-electron chi connectivity index (χ4n) is 3.56. The molecule has 7 heteroatoms. The first-order valence-corrected chi connectivity index (χ1v) is 10.7. The van der Waals surface area contributed by atoms with Crippen LogP contribution >= 0.6 is 0 Å². The van der Waals surface area contributed by atoms with Gasteiger partial charge in [-0.1, -0.05) is 25.0 Å². The molecule has 3 rings (SSSR count). The molecule has 1 heterocycles. The van der Waals surface area contributed by atoms with Crippen LogP contribution < -0.4 is 9.44 Å². The van der Waals surface area contributed by atoms with Crippen molar-refractivity contribution in [1.82, 2.24) is 9.62 Å². The van der Waals surface area contributed by atoms with E-state index in [2.05, 4.69) is 9.44 Å². The van der Waals surface area contributed by atoms with Gasteiger partial charge in [0.15, 0.2) is 0 Å². The second-order valence-corrected chi connectivity index (χ2v) is 8.44. The number of rotatable bonds is 7. The second kappa shape index (κ2) is 8.19. The highest BCUT2D eigenvalue weighted by molar-refractivity contribution is 7.90. The van der Waals surface area contributed by atoms with E-state index >= 15 is 0 Å². The first-order chi connectivity index (χ1) is 12.0. The molecule has 25 heavy (non-hydrogen) atoms. The van der Waals surface area contributed by atoms with Crippen molar-refractivity contribution in [2.24, 2.45) is 0 Å². The maximum absolute atomic E-state index is 12.1. The average Bonchev–Trinajstić information content (AvgIpc) is 3.26. The summed E-state index contributed by atoms with van der Waals surface area (Å²) in [7, 11) is -3.53. The molecule has 1 aromatic carbocycles. The summed E-state index contributed by atoms with van der Waals surface area (Å²) in [5, 5.41) is 0. The van der Waals surface area contributed by atoms with Crippen LogP contribution in [0.5, 0.6) is 0 Å². The number of likely N-dealkylation sites (tertiary alicyclic amines) is 1. The minimum Gasteiger partial charge on any atom is -0.343 e. The molecule has 138 valence electrons. The third-order valence-corrected chi connectivity index (χ3v) is 6.12. The summed E-state index contributed by atoms with van der Waals surface area (Å²) in [5.41, 5.74) is 1.58. The molecule has 2 fully saturated rings. The summed E-state index contributed by atoms with van der Waals surface area (Å²) in [6.07, 6.45) is 7.38. The van der Waals surface area contributed by atoms with Crippen molar-refractivity contribution in [3.63, 3.8) is 0 Å². The highest BCUT2D eigenvalue weighted by Crippen LogP contribution is 2.19. The van der Waals surface area contributed by atoms with Gasteiger partial charge in [0, 0.05) is 31.2 Å². The van der Waals surface area contributed by atoms with Gasteiger partial charge in [0.2, 0.25) is 5.91 Å². The van der Waals surface area contributed by atoms with Crippen molar-refractivity contribution in [1.29, 1.82) is 0 Å². The van der Waals surface area contributed by atoms with Crippen molar-refractivity contribution >= 4 is 21.8 Å². The van der Waals surface area contributed by atoms with Crippen molar-refractivity contribution in [2.45, 2.75) is 57.4 Å². The summed E-state index contributed by atoms with van der Waals surface area (Å²) in [4.78, 5) is 14.0. The molecule has 0 atom stereocenters. The second-order valence-electron chi connectivity index (χ2n) is 6.99. The zero-order valence-corrected chi connectivity index (χ0v) is 15.4. The number of hydrogen-bond acceptors (Lipinski definition) is 3. The highest BCUT2D eigenvalue weighted by atomic mass is 32.2. The monoisotopic (exact) mass is 365 g/mol. The Labute approximate surface area is 150 Å².